The lowest BCUT2D eigenvalue weighted by atomic mass is 10.2. The highest BCUT2D eigenvalue weighted by molar-refractivity contribution is 6.04. The first-order chi connectivity index (χ1) is 14.5. The van der Waals surface area contributed by atoms with Gasteiger partial charge in [0.15, 0.2) is 6.10 Å². The fourth-order valence-electron chi connectivity index (χ4n) is 2.66. The van der Waals surface area contributed by atoms with Gasteiger partial charge in [0.1, 0.15) is 18.1 Å². The maximum atomic E-state index is 12.4. The molecule has 6 heteroatoms. The number of hydrogen-bond acceptors (Lipinski definition) is 5. The maximum absolute atomic E-state index is 12.4. The fourth-order valence-corrected chi connectivity index (χ4v) is 2.66. The summed E-state index contributed by atoms with van der Waals surface area (Å²) in [6, 6.07) is 23.1. The van der Waals surface area contributed by atoms with E-state index in [1.165, 1.54) is 0 Å². The van der Waals surface area contributed by atoms with Gasteiger partial charge in [-0.15, -0.1) is 0 Å². The third-order valence-electron chi connectivity index (χ3n) is 4.33. The Bertz CT molecular complexity index is 969. The van der Waals surface area contributed by atoms with Crippen LogP contribution in [0.5, 0.6) is 11.5 Å². The number of anilines is 1. The molecule has 3 aromatic carbocycles. The molecule has 0 aliphatic heterocycles. The van der Waals surface area contributed by atoms with E-state index in [1.54, 1.807) is 62.6 Å². The SMILES string of the molecule is COc1ccc(NC(=O)c2ccc(OC(C)C(=O)OCc3ccccc3)cc2)cc1. The highest BCUT2D eigenvalue weighted by Crippen LogP contribution is 2.18. The Kier molecular flexibility index (Phi) is 7.05. The summed E-state index contributed by atoms with van der Waals surface area (Å²) in [5, 5.41) is 2.81. The first-order valence-corrected chi connectivity index (χ1v) is 9.48. The van der Waals surface area contributed by atoms with Crippen molar-refractivity contribution < 1.29 is 23.8 Å². The Balaban J connectivity index is 1.51. The quantitative estimate of drug-likeness (QED) is 0.560. The topological polar surface area (TPSA) is 73.9 Å². The molecule has 3 aromatic rings. The molecule has 3 rings (SSSR count). The average Bonchev–Trinajstić information content (AvgIpc) is 2.79. The van der Waals surface area contributed by atoms with Gasteiger partial charge in [-0.1, -0.05) is 30.3 Å². The molecule has 1 unspecified atom stereocenters. The Hall–Kier alpha value is -3.80. The summed E-state index contributed by atoms with van der Waals surface area (Å²) in [6.45, 7) is 1.81. The van der Waals surface area contributed by atoms with E-state index in [-0.39, 0.29) is 12.5 Å². The molecule has 0 saturated carbocycles. The number of carbonyl (C=O) groups is 2. The lowest BCUT2D eigenvalue weighted by Crippen LogP contribution is -2.26. The van der Waals surface area contributed by atoms with Gasteiger partial charge in [0, 0.05) is 11.3 Å². The van der Waals surface area contributed by atoms with E-state index in [0.29, 0.717) is 22.7 Å². The standard InChI is InChI=1S/C24H23NO5/c1-17(24(27)29-16-18-6-4-3-5-7-18)30-22-12-8-19(9-13-22)23(26)25-20-10-14-21(28-2)15-11-20/h3-15,17H,16H2,1-2H3,(H,25,26). The minimum absolute atomic E-state index is 0.192. The van der Waals surface area contributed by atoms with Crippen LogP contribution in [0.1, 0.15) is 22.8 Å². The molecule has 0 aromatic heterocycles. The van der Waals surface area contributed by atoms with E-state index in [2.05, 4.69) is 5.32 Å². The first kappa shape index (κ1) is 20.9. The van der Waals surface area contributed by atoms with Gasteiger partial charge in [-0.05, 0) is 61.0 Å². The zero-order chi connectivity index (χ0) is 21.3. The number of ether oxygens (including phenoxy) is 3. The number of benzene rings is 3. The predicted molar refractivity (Wildman–Crippen MR) is 114 cm³/mol. The second kappa shape index (κ2) is 10.1. The Labute approximate surface area is 175 Å². The minimum atomic E-state index is -0.771. The van der Waals surface area contributed by atoms with Gasteiger partial charge >= 0.3 is 5.97 Å². The second-order valence-electron chi connectivity index (χ2n) is 6.56. The molecule has 154 valence electrons. The van der Waals surface area contributed by atoms with E-state index >= 15 is 0 Å². The molecule has 1 amide bonds. The van der Waals surface area contributed by atoms with Crippen LogP contribution >= 0.6 is 0 Å². The van der Waals surface area contributed by atoms with Crippen LogP contribution in [0.25, 0.3) is 0 Å². The van der Waals surface area contributed by atoms with E-state index in [1.807, 2.05) is 30.3 Å². The van der Waals surface area contributed by atoms with Gasteiger partial charge in [-0.25, -0.2) is 4.79 Å². The lowest BCUT2D eigenvalue weighted by molar-refractivity contribution is -0.152. The number of amides is 1. The van der Waals surface area contributed by atoms with Crippen molar-refractivity contribution in [3.8, 4) is 11.5 Å². The lowest BCUT2D eigenvalue weighted by Gasteiger charge is -2.14. The summed E-state index contributed by atoms with van der Waals surface area (Å²) < 4.78 is 16.0. The smallest absolute Gasteiger partial charge is 0.347 e. The molecule has 0 aliphatic rings. The molecule has 0 fully saturated rings. The third-order valence-corrected chi connectivity index (χ3v) is 4.33. The summed E-state index contributed by atoms with van der Waals surface area (Å²) >= 11 is 0. The first-order valence-electron chi connectivity index (χ1n) is 9.48. The van der Waals surface area contributed by atoms with Crippen LogP contribution in [0.15, 0.2) is 78.9 Å². The van der Waals surface area contributed by atoms with Crippen molar-refractivity contribution in [1.29, 1.82) is 0 Å². The van der Waals surface area contributed by atoms with Gasteiger partial charge in [0.2, 0.25) is 0 Å². The molecule has 30 heavy (non-hydrogen) atoms. The molecular weight excluding hydrogens is 382 g/mol. The van der Waals surface area contributed by atoms with Crippen LogP contribution < -0.4 is 14.8 Å². The van der Waals surface area contributed by atoms with Crippen molar-refractivity contribution in [3.05, 3.63) is 90.0 Å². The highest BCUT2D eigenvalue weighted by atomic mass is 16.6. The van der Waals surface area contributed by atoms with Crippen molar-refractivity contribution in [2.45, 2.75) is 19.6 Å². The Morgan fingerprint density at radius 3 is 2.13 bits per heavy atom. The summed E-state index contributed by atoms with van der Waals surface area (Å²) in [5.41, 5.74) is 2.04. The van der Waals surface area contributed by atoms with Gasteiger partial charge in [0.05, 0.1) is 7.11 Å². The van der Waals surface area contributed by atoms with Crippen molar-refractivity contribution in [2.75, 3.05) is 12.4 Å². The molecule has 0 aliphatic carbocycles. The van der Waals surface area contributed by atoms with Crippen LogP contribution in [0, 0.1) is 0 Å². The van der Waals surface area contributed by atoms with Gasteiger partial charge in [-0.2, -0.15) is 0 Å². The zero-order valence-electron chi connectivity index (χ0n) is 16.8. The van der Waals surface area contributed by atoms with E-state index < -0.39 is 12.1 Å². The van der Waals surface area contributed by atoms with Crippen LogP contribution in [-0.2, 0) is 16.1 Å². The number of hydrogen-bond donors (Lipinski definition) is 1. The predicted octanol–water partition coefficient (Wildman–Crippen LogP) is 4.46. The molecule has 0 saturated heterocycles. The third kappa shape index (κ3) is 5.85. The summed E-state index contributed by atoms with van der Waals surface area (Å²) in [5.74, 6) is 0.480. The normalized spacial score (nSPS) is 11.3. The van der Waals surface area contributed by atoms with Crippen molar-refractivity contribution in [1.82, 2.24) is 0 Å². The Morgan fingerprint density at radius 2 is 1.50 bits per heavy atom. The molecule has 1 atom stereocenters. The molecule has 6 nitrogen and oxygen atoms in total. The average molecular weight is 405 g/mol. The molecule has 0 radical (unpaired) electrons. The molecule has 0 bridgehead atoms. The van der Waals surface area contributed by atoms with Crippen LogP contribution in [0.3, 0.4) is 0 Å². The monoisotopic (exact) mass is 405 g/mol. The van der Waals surface area contributed by atoms with Crippen molar-refractivity contribution in [2.24, 2.45) is 0 Å². The highest BCUT2D eigenvalue weighted by Gasteiger charge is 2.17. The fraction of sp³-hybridized carbons (Fsp3) is 0.167. The zero-order valence-corrected chi connectivity index (χ0v) is 16.8. The van der Waals surface area contributed by atoms with Crippen molar-refractivity contribution in [3.63, 3.8) is 0 Å². The molecule has 0 heterocycles. The van der Waals surface area contributed by atoms with Crippen LogP contribution in [-0.4, -0.2) is 25.1 Å². The van der Waals surface area contributed by atoms with Gasteiger partial charge in [0.25, 0.3) is 5.91 Å². The summed E-state index contributed by atoms with van der Waals surface area (Å²) in [7, 11) is 1.58. The van der Waals surface area contributed by atoms with Crippen LogP contribution in [0.4, 0.5) is 5.69 Å². The number of esters is 1. The Morgan fingerprint density at radius 1 is 0.867 bits per heavy atom. The van der Waals surface area contributed by atoms with Crippen LogP contribution in [0.2, 0.25) is 0 Å². The summed E-state index contributed by atoms with van der Waals surface area (Å²) in [6.07, 6.45) is -0.771. The van der Waals surface area contributed by atoms with E-state index in [0.717, 1.165) is 5.56 Å². The second-order valence-corrected chi connectivity index (χ2v) is 6.56. The number of rotatable bonds is 8. The summed E-state index contributed by atoms with van der Waals surface area (Å²) in [4.78, 5) is 24.5. The minimum Gasteiger partial charge on any atom is -0.497 e. The molecule has 0 spiro atoms. The van der Waals surface area contributed by atoms with E-state index in [9.17, 15) is 9.59 Å². The number of carbonyl (C=O) groups excluding carboxylic acids is 2. The van der Waals surface area contributed by atoms with E-state index in [4.69, 9.17) is 14.2 Å². The maximum Gasteiger partial charge on any atom is 0.347 e. The van der Waals surface area contributed by atoms with Gasteiger partial charge < -0.3 is 19.5 Å². The van der Waals surface area contributed by atoms with Gasteiger partial charge in [-0.3, -0.25) is 4.79 Å². The van der Waals surface area contributed by atoms with Crippen molar-refractivity contribution >= 4 is 17.6 Å². The number of methoxy groups -OCH3 is 1. The molecular formula is C24H23NO5. The number of nitrogens with one attached hydrogen (secondary N) is 1. The largest absolute Gasteiger partial charge is 0.497 e. The molecule has 1 N–H and O–H groups in total.